The van der Waals surface area contributed by atoms with Gasteiger partial charge in [-0.25, -0.2) is 13.4 Å². The lowest BCUT2D eigenvalue weighted by Gasteiger charge is -2.19. The Morgan fingerprint density at radius 3 is 2.53 bits per heavy atom. The van der Waals surface area contributed by atoms with Crippen LogP contribution in [-0.2, 0) is 25.8 Å². The molecule has 0 aliphatic carbocycles. The topological polar surface area (TPSA) is 98.5 Å². The van der Waals surface area contributed by atoms with E-state index in [-0.39, 0.29) is 16.9 Å². The molecular formula is C24H28N2O5S. The Morgan fingerprint density at radius 1 is 1.12 bits per heavy atom. The SMILES string of the molecule is COc1cccc(-c2nc(CS(=O)(=O)CC(=O)Nc3cccc(C(C)(C)C)c3)c(C)o2)c1. The Balaban J connectivity index is 1.70. The summed E-state index contributed by atoms with van der Waals surface area (Å²) < 4.78 is 36.2. The van der Waals surface area contributed by atoms with Gasteiger partial charge in [0.2, 0.25) is 11.8 Å². The highest BCUT2D eigenvalue weighted by molar-refractivity contribution is 7.91. The van der Waals surface area contributed by atoms with Crippen molar-refractivity contribution in [1.82, 2.24) is 4.98 Å². The van der Waals surface area contributed by atoms with Crippen LogP contribution < -0.4 is 10.1 Å². The van der Waals surface area contributed by atoms with Crippen LogP contribution in [0, 0.1) is 6.92 Å². The van der Waals surface area contributed by atoms with Gasteiger partial charge in [-0.15, -0.1) is 0 Å². The van der Waals surface area contributed by atoms with Gasteiger partial charge in [0, 0.05) is 11.3 Å². The maximum atomic E-state index is 12.7. The summed E-state index contributed by atoms with van der Waals surface area (Å²) >= 11 is 0. The van der Waals surface area contributed by atoms with E-state index in [4.69, 9.17) is 9.15 Å². The minimum absolute atomic E-state index is 0.0855. The first-order valence-corrected chi connectivity index (χ1v) is 12.0. The standard InChI is InChI=1S/C24H28N2O5S/c1-16-21(26-23(31-16)17-8-6-11-20(12-17)30-5)14-32(28,29)15-22(27)25-19-10-7-9-18(13-19)24(2,3)4/h6-13H,14-15H2,1-5H3,(H,25,27). The predicted molar refractivity (Wildman–Crippen MR) is 124 cm³/mol. The van der Waals surface area contributed by atoms with E-state index in [1.54, 1.807) is 44.4 Å². The Morgan fingerprint density at radius 2 is 1.84 bits per heavy atom. The average Bonchev–Trinajstić information content (AvgIpc) is 3.06. The number of anilines is 1. The minimum Gasteiger partial charge on any atom is -0.497 e. The zero-order valence-electron chi connectivity index (χ0n) is 18.9. The minimum atomic E-state index is -3.76. The van der Waals surface area contributed by atoms with Crippen LogP contribution >= 0.6 is 0 Å². The van der Waals surface area contributed by atoms with E-state index in [0.29, 0.717) is 28.7 Å². The van der Waals surface area contributed by atoms with E-state index in [0.717, 1.165) is 5.56 Å². The summed E-state index contributed by atoms with van der Waals surface area (Å²) in [4.78, 5) is 16.8. The highest BCUT2D eigenvalue weighted by atomic mass is 32.2. The average molecular weight is 457 g/mol. The second-order valence-corrected chi connectivity index (χ2v) is 10.7. The number of amides is 1. The number of rotatable bonds is 7. The van der Waals surface area contributed by atoms with Crippen LogP contribution in [0.5, 0.6) is 5.75 Å². The van der Waals surface area contributed by atoms with Gasteiger partial charge in [0.1, 0.15) is 17.3 Å². The number of ether oxygens (including phenoxy) is 1. The van der Waals surface area contributed by atoms with Gasteiger partial charge >= 0.3 is 0 Å². The van der Waals surface area contributed by atoms with Crippen LogP contribution in [0.25, 0.3) is 11.5 Å². The number of nitrogens with zero attached hydrogens (tertiary/aromatic N) is 1. The zero-order chi connectivity index (χ0) is 23.5. The lowest BCUT2D eigenvalue weighted by molar-refractivity contribution is -0.113. The first kappa shape index (κ1) is 23.5. The van der Waals surface area contributed by atoms with Crippen molar-refractivity contribution >= 4 is 21.4 Å². The number of aromatic nitrogens is 1. The second-order valence-electron chi connectivity index (χ2n) is 8.67. The maximum absolute atomic E-state index is 12.7. The van der Waals surface area contributed by atoms with Crippen molar-refractivity contribution in [2.45, 2.75) is 38.9 Å². The fraction of sp³-hybridized carbons (Fsp3) is 0.333. The van der Waals surface area contributed by atoms with Crippen LogP contribution in [0.15, 0.2) is 52.9 Å². The molecule has 8 heteroatoms. The number of oxazole rings is 1. The van der Waals surface area contributed by atoms with Gasteiger partial charge in [-0.3, -0.25) is 4.79 Å². The summed E-state index contributed by atoms with van der Waals surface area (Å²) in [7, 11) is -2.20. The molecule has 1 amide bonds. The van der Waals surface area contributed by atoms with E-state index >= 15 is 0 Å². The fourth-order valence-corrected chi connectivity index (χ4v) is 4.42. The van der Waals surface area contributed by atoms with Crippen molar-refractivity contribution in [3.05, 3.63) is 65.5 Å². The van der Waals surface area contributed by atoms with E-state index < -0.39 is 21.5 Å². The molecule has 0 unspecified atom stereocenters. The number of nitrogens with one attached hydrogen (secondary N) is 1. The largest absolute Gasteiger partial charge is 0.497 e. The number of benzene rings is 2. The van der Waals surface area contributed by atoms with Crippen LogP contribution in [0.1, 0.15) is 37.8 Å². The molecular weight excluding hydrogens is 428 g/mol. The van der Waals surface area contributed by atoms with Crippen molar-refractivity contribution < 1.29 is 22.4 Å². The van der Waals surface area contributed by atoms with Crippen molar-refractivity contribution in [3.8, 4) is 17.2 Å². The van der Waals surface area contributed by atoms with Gasteiger partial charge in [0.15, 0.2) is 9.84 Å². The first-order valence-electron chi connectivity index (χ1n) is 10.2. The molecule has 0 bridgehead atoms. The molecule has 0 aliphatic rings. The summed E-state index contributed by atoms with van der Waals surface area (Å²) in [5, 5.41) is 2.68. The molecule has 0 aliphatic heterocycles. The van der Waals surface area contributed by atoms with Crippen molar-refractivity contribution in [1.29, 1.82) is 0 Å². The van der Waals surface area contributed by atoms with E-state index in [1.807, 2.05) is 18.2 Å². The first-order chi connectivity index (χ1) is 15.0. The number of hydrogen-bond acceptors (Lipinski definition) is 6. The highest BCUT2D eigenvalue weighted by Gasteiger charge is 2.23. The van der Waals surface area contributed by atoms with E-state index in [9.17, 15) is 13.2 Å². The second kappa shape index (κ2) is 9.16. The highest BCUT2D eigenvalue weighted by Crippen LogP contribution is 2.27. The van der Waals surface area contributed by atoms with Crippen molar-refractivity contribution in [2.24, 2.45) is 0 Å². The Labute approximate surface area is 188 Å². The lowest BCUT2D eigenvalue weighted by atomic mass is 9.87. The Bertz CT molecular complexity index is 1220. The molecule has 0 spiro atoms. The molecule has 3 aromatic rings. The third-order valence-corrected chi connectivity index (χ3v) is 6.34. The summed E-state index contributed by atoms with van der Waals surface area (Å²) in [5.74, 6) is -0.292. The number of carbonyl (C=O) groups is 1. The number of aryl methyl sites for hydroxylation is 1. The van der Waals surface area contributed by atoms with Gasteiger partial charge in [-0.2, -0.15) is 0 Å². The van der Waals surface area contributed by atoms with E-state index in [2.05, 4.69) is 31.1 Å². The summed E-state index contributed by atoms with van der Waals surface area (Å²) in [6, 6.07) is 14.5. The fourth-order valence-electron chi connectivity index (χ4n) is 3.16. The summed E-state index contributed by atoms with van der Waals surface area (Å²) in [6.45, 7) is 7.86. The molecule has 0 radical (unpaired) electrons. The normalized spacial score (nSPS) is 11.9. The monoisotopic (exact) mass is 456 g/mol. The zero-order valence-corrected chi connectivity index (χ0v) is 19.7. The molecule has 0 saturated heterocycles. The van der Waals surface area contributed by atoms with Gasteiger partial charge < -0.3 is 14.5 Å². The van der Waals surface area contributed by atoms with Gasteiger partial charge in [0.25, 0.3) is 0 Å². The Kier molecular flexibility index (Phi) is 6.74. The number of sulfone groups is 1. The molecule has 0 saturated carbocycles. The van der Waals surface area contributed by atoms with Crippen LogP contribution in [-0.4, -0.2) is 32.2 Å². The summed E-state index contributed by atoms with van der Waals surface area (Å²) in [6.07, 6.45) is 0. The molecule has 1 aromatic heterocycles. The van der Waals surface area contributed by atoms with Crippen molar-refractivity contribution in [3.63, 3.8) is 0 Å². The van der Waals surface area contributed by atoms with Crippen molar-refractivity contribution in [2.75, 3.05) is 18.2 Å². The number of carbonyl (C=O) groups excluding carboxylic acids is 1. The number of methoxy groups -OCH3 is 1. The third kappa shape index (κ3) is 5.97. The molecule has 1 heterocycles. The molecule has 0 fully saturated rings. The van der Waals surface area contributed by atoms with Crippen LogP contribution in [0.4, 0.5) is 5.69 Å². The molecule has 170 valence electrons. The molecule has 7 nitrogen and oxygen atoms in total. The van der Waals surface area contributed by atoms with Gasteiger partial charge in [0.05, 0.1) is 18.6 Å². The smallest absolute Gasteiger partial charge is 0.239 e. The maximum Gasteiger partial charge on any atom is 0.239 e. The summed E-state index contributed by atoms with van der Waals surface area (Å²) in [5.41, 5.74) is 2.48. The molecule has 0 atom stereocenters. The third-order valence-electron chi connectivity index (χ3n) is 4.93. The lowest BCUT2D eigenvalue weighted by Crippen LogP contribution is -2.24. The van der Waals surface area contributed by atoms with Crippen LogP contribution in [0.3, 0.4) is 0 Å². The Hall–Kier alpha value is -3.13. The molecule has 32 heavy (non-hydrogen) atoms. The quantitative estimate of drug-likeness (QED) is 0.562. The van der Waals surface area contributed by atoms with E-state index in [1.165, 1.54) is 0 Å². The molecule has 1 N–H and O–H groups in total. The molecule has 2 aromatic carbocycles. The number of hydrogen-bond donors (Lipinski definition) is 1. The predicted octanol–water partition coefficient (Wildman–Crippen LogP) is 4.51. The van der Waals surface area contributed by atoms with Gasteiger partial charge in [-0.1, -0.05) is 39.0 Å². The van der Waals surface area contributed by atoms with Crippen LogP contribution in [0.2, 0.25) is 0 Å². The van der Waals surface area contributed by atoms with Gasteiger partial charge in [-0.05, 0) is 48.2 Å². The molecule has 3 rings (SSSR count).